The van der Waals surface area contributed by atoms with Gasteiger partial charge in [0.1, 0.15) is 17.0 Å². The van der Waals surface area contributed by atoms with Crippen LogP contribution in [0.3, 0.4) is 0 Å². The molecule has 3 aromatic rings. The molecule has 0 saturated heterocycles. The predicted octanol–water partition coefficient (Wildman–Crippen LogP) is 4.03. The summed E-state index contributed by atoms with van der Waals surface area (Å²) < 4.78 is 1.75. The summed E-state index contributed by atoms with van der Waals surface area (Å²) >= 11 is 5.97. The van der Waals surface area contributed by atoms with E-state index in [-0.39, 0.29) is 0 Å². The molecule has 0 bridgehead atoms. The molecule has 0 saturated carbocycles. The highest BCUT2D eigenvalue weighted by Crippen LogP contribution is 2.25. The monoisotopic (exact) mass is 284 g/mol. The second kappa shape index (κ2) is 5.10. The highest BCUT2D eigenvalue weighted by Gasteiger charge is 2.13. The number of aryl methyl sites for hydroxylation is 1. The molecule has 3 nitrogen and oxygen atoms in total. The van der Waals surface area contributed by atoms with Gasteiger partial charge in [0.05, 0.1) is 0 Å². The molecule has 2 aromatic heterocycles. The molecule has 4 heteroatoms. The molecule has 1 aromatic carbocycles. The van der Waals surface area contributed by atoms with Crippen molar-refractivity contribution in [1.82, 2.24) is 9.38 Å². The van der Waals surface area contributed by atoms with Gasteiger partial charge in [0.25, 0.3) is 0 Å². The number of halogens is 1. The number of benzene rings is 1. The van der Waals surface area contributed by atoms with Crippen molar-refractivity contribution in [1.29, 1.82) is 0 Å². The summed E-state index contributed by atoms with van der Waals surface area (Å²) in [5.74, 6) is 0. The minimum Gasteiger partial charge on any atom is -0.297 e. The first-order chi connectivity index (χ1) is 9.72. The quantitative estimate of drug-likeness (QED) is 0.681. The van der Waals surface area contributed by atoms with Crippen LogP contribution < -0.4 is 0 Å². The Kier molecular flexibility index (Phi) is 3.28. The zero-order chi connectivity index (χ0) is 14.1. The lowest BCUT2D eigenvalue weighted by Gasteiger charge is -2.00. The predicted molar refractivity (Wildman–Crippen MR) is 80.4 cm³/mol. The van der Waals surface area contributed by atoms with E-state index in [0.717, 1.165) is 18.3 Å². The van der Waals surface area contributed by atoms with Gasteiger partial charge in [-0.3, -0.25) is 9.20 Å². The highest BCUT2D eigenvalue weighted by atomic mass is 35.5. The zero-order valence-corrected chi connectivity index (χ0v) is 11.8. The topological polar surface area (TPSA) is 34.4 Å². The normalized spacial score (nSPS) is 10.9. The first kappa shape index (κ1) is 12.9. The van der Waals surface area contributed by atoms with E-state index >= 15 is 0 Å². The van der Waals surface area contributed by atoms with Gasteiger partial charge in [-0.25, -0.2) is 4.98 Å². The summed E-state index contributed by atoms with van der Waals surface area (Å²) in [4.78, 5) is 15.9. The molecule has 20 heavy (non-hydrogen) atoms. The maximum Gasteiger partial charge on any atom is 0.169 e. The number of rotatable bonds is 3. The van der Waals surface area contributed by atoms with Gasteiger partial charge < -0.3 is 0 Å². The van der Waals surface area contributed by atoms with Crippen LogP contribution in [-0.2, 0) is 6.42 Å². The first-order valence-electron chi connectivity index (χ1n) is 6.45. The number of hydrogen-bond acceptors (Lipinski definition) is 2. The third kappa shape index (κ3) is 2.10. The second-order valence-corrected chi connectivity index (χ2v) is 5.02. The van der Waals surface area contributed by atoms with Crippen molar-refractivity contribution in [3.63, 3.8) is 0 Å². The maximum absolute atomic E-state index is 11.4. The molecule has 0 atom stereocenters. The van der Waals surface area contributed by atoms with Crippen LogP contribution in [-0.4, -0.2) is 15.7 Å². The summed E-state index contributed by atoms with van der Waals surface area (Å²) in [5.41, 5.74) is 4.09. The molecule has 0 amide bonds. The van der Waals surface area contributed by atoms with Crippen molar-refractivity contribution in [2.75, 3.05) is 0 Å². The number of fused-ring (bicyclic) bond motifs is 1. The van der Waals surface area contributed by atoms with Crippen molar-refractivity contribution in [2.24, 2.45) is 0 Å². The molecule has 0 radical (unpaired) electrons. The fourth-order valence-corrected chi connectivity index (χ4v) is 2.42. The van der Waals surface area contributed by atoms with Gasteiger partial charge in [0.15, 0.2) is 6.29 Å². The molecule has 0 unspecified atom stereocenters. The Morgan fingerprint density at radius 3 is 2.65 bits per heavy atom. The molecule has 0 aliphatic rings. The van der Waals surface area contributed by atoms with Gasteiger partial charge in [-0.1, -0.05) is 42.8 Å². The molecule has 0 N–H and O–H groups in total. The Balaban J connectivity index is 2.21. The number of imidazole rings is 1. The smallest absolute Gasteiger partial charge is 0.169 e. The summed E-state index contributed by atoms with van der Waals surface area (Å²) in [6, 6.07) is 11.6. The van der Waals surface area contributed by atoms with Crippen molar-refractivity contribution in [2.45, 2.75) is 13.3 Å². The van der Waals surface area contributed by atoms with Gasteiger partial charge in [-0.2, -0.15) is 0 Å². The Hall–Kier alpha value is -2.13. The number of hydrogen-bond donors (Lipinski definition) is 0. The van der Waals surface area contributed by atoms with Crippen molar-refractivity contribution >= 4 is 23.5 Å². The molecule has 0 fully saturated rings. The van der Waals surface area contributed by atoms with E-state index in [1.54, 1.807) is 22.7 Å². The molecule has 100 valence electrons. The average Bonchev–Trinajstić information content (AvgIpc) is 2.84. The number of carbonyl (C=O) groups is 1. The Morgan fingerprint density at radius 1 is 1.25 bits per heavy atom. The van der Waals surface area contributed by atoms with E-state index in [2.05, 4.69) is 24.0 Å². The van der Waals surface area contributed by atoms with E-state index in [4.69, 9.17) is 11.6 Å². The van der Waals surface area contributed by atoms with Crippen molar-refractivity contribution in [3.05, 3.63) is 58.9 Å². The van der Waals surface area contributed by atoms with Crippen LogP contribution >= 0.6 is 11.6 Å². The summed E-state index contributed by atoms with van der Waals surface area (Å²) in [5, 5.41) is 0.604. The number of nitrogens with zero attached hydrogens (tertiary/aromatic N) is 2. The molecule has 0 aliphatic carbocycles. The molecular weight excluding hydrogens is 272 g/mol. The van der Waals surface area contributed by atoms with E-state index in [1.165, 1.54) is 5.56 Å². The minimum atomic E-state index is 0.543. The van der Waals surface area contributed by atoms with Crippen molar-refractivity contribution in [3.8, 4) is 11.3 Å². The van der Waals surface area contributed by atoms with E-state index in [9.17, 15) is 4.79 Å². The largest absolute Gasteiger partial charge is 0.297 e. The van der Waals surface area contributed by atoms with Crippen LogP contribution in [0.1, 0.15) is 23.0 Å². The standard InChI is InChI=1S/C16H13ClN2O/c1-2-11-3-5-12(6-4-11)16-14(10-20)19-8-7-13(17)9-15(19)18-16/h3-10H,2H2,1H3. The van der Waals surface area contributed by atoms with E-state index < -0.39 is 0 Å². The Morgan fingerprint density at radius 2 is 2.00 bits per heavy atom. The number of aromatic nitrogens is 2. The van der Waals surface area contributed by atoms with E-state index in [1.807, 2.05) is 12.1 Å². The van der Waals surface area contributed by atoms with Crippen LogP contribution in [0.4, 0.5) is 0 Å². The lowest BCUT2D eigenvalue weighted by Crippen LogP contribution is -1.92. The third-order valence-corrected chi connectivity index (χ3v) is 3.61. The van der Waals surface area contributed by atoms with Gasteiger partial charge in [-0.15, -0.1) is 0 Å². The second-order valence-electron chi connectivity index (χ2n) is 4.59. The molecule has 0 aliphatic heterocycles. The average molecular weight is 285 g/mol. The van der Waals surface area contributed by atoms with Gasteiger partial charge >= 0.3 is 0 Å². The van der Waals surface area contributed by atoms with Crippen LogP contribution in [0.15, 0.2) is 42.6 Å². The van der Waals surface area contributed by atoms with Gasteiger partial charge in [0.2, 0.25) is 0 Å². The van der Waals surface area contributed by atoms with Gasteiger partial charge in [-0.05, 0) is 18.1 Å². The van der Waals surface area contributed by atoms with Crippen LogP contribution in [0.25, 0.3) is 16.9 Å². The van der Waals surface area contributed by atoms with Crippen LogP contribution in [0.5, 0.6) is 0 Å². The fourth-order valence-electron chi connectivity index (χ4n) is 2.26. The van der Waals surface area contributed by atoms with Gasteiger partial charge in [0, 0.05) is 22.8 Å². The molecule has 0 spiro atoms. The van der Waals surface area contributed by atoms with Crippen molar-refractivity contribution < 1.29 is 4.79 Å². The summed E-state index contributed by atoms with van der Waals surface area (Å²) in [6.07, 6.45) is 3.58. The fraction of sp³-hybridized carbons (Fsp3) is 0.125. The number of aldehydes is 1. The zero-order valence-electron chi connectivity index (χ0n) is 11.0. The molecule has 3 rings (SSSR count). The van der Waals surface area contributed by atoms with Crippen LogP contribution in [0, 0.1) is 0 Å². The SMILES string of the molecule is CCc1ccc(-c2nc3cc(Cl)ccn3c2C=O)cc1. The summed E-state index contributed by atoms with van der Waals surface area (Å²) in [6.45, 7) is 2.11. The number of carbonyl (C=O) groups excluding carboxylic acids is 1. The Labute approximate surface area is 121 Å². The minimum absolute atomic E-state index is 0.543. The Bertz CT molecular complexity index is 775. The lowest BCUT2D eigenvalue weighted by atomic mass is 10.1. The first-order valence-corrected chi connectivity index (χ1v) is 6.83. The molecular formula is C16H13ClN2O. The van der Waals surface area contributed by atoms with Crippen LogP contribution in [0.2, 0.25) is 5.02 Å². The summed E-state index contributed by atoms with van der Waals surface area (Å²) in [7, 11) is 0. The third-order valence-electron chi connectivity index (χ3n) is 3.37. The lowest BCUT2D eigenvalue weighted by molar-refractivity contribution is 0.111. The molecule has 2 heterocycles. The highest BCUT2D eigenvalue weighted by molar-refractivity contribution is 6.30. The number of pyridine rings is 1. The van der Waals surface area contributed by atoms with E-state index in [0.29, 0.717) is 22.1 Å². The maximum atomic E-state index is 11.4.